The van der Waals surface area contributed by atoms with Crippen molar-refractivity contribution in [2.24, 2.45) is 0 Å². The van der Waals surface area contributed by atoms with E-state index in [9.17, 15) is 10.1 Å². The van der Waals surface area contributed by atoms with Crippen LogP contribution in [0.25, 0.3) is 11.2 Å². The molecule has 0 spiro atoms. The van der Waals surface area contributed by atoms with Crippen LogP contribution in [0.2, 0.25) is 0 Å². The number of fused-ring (bicyclic) bond motifs is 1. The number of imidazole rings is 1. The Kier molecular flexibility index (Phi) is 1.23. The summed E-state index contributed by atoms with van der Waals surface area (Å²) < 4.78 is 0. The van der Waals surface area contributed by atoms with E-state index < -0.39 is 10.9 Å². The zero-order valence-corrected chi connectivity index (χ0v) is 5.76. The molecule has 12 heavy (non-hydrogen) atoms. The molecule has 0 amide bonds. The van der Waals surface area contributed by atoms with Crippen LogP contribution in [0.3, 0.4) is 0 Å². The maximum absolute atomic E-state index is 10.2. The molecule has 2 aromatic heterocycles. The van der Waals surface area contributed by atoms with E-state index in [1.165, 1.54) is 12.5 Å². The molecule has 0 atom stereocenters. The Morgan fingerprint density at radius 3 is 3.08 bits per heavy atom. The summed E-state index contributed by atoms with van der Waals surface area (Å²) in [5.41, 5.74) is 0.886. The first-order valence-electron chi connectivity index (χ1n) is 3.08. The third-order valence-corrected chi connectivity index (χ3v) is 1.32. The summed E-state index contributed by atoms with van der Waals surface area (Å²) in [6.45, 7) is 0. The predicted molar refractivity (Wildman–Crippen MR) is 38.3 cm³/mol. The second kappa shape index (κ2) is 2.22. The minimum Gasteiger partial charge on any atom is -0.390 e. The Morgan fingerprint density at radius 1 is 1.50 bits per heavy atom. The standard InChI is InChI=1S/C5H3N5O2/c11-10(12)5-6-1-3-4(9-5)8-2-7-3/h1-2H,(H,6,7,8,9). The summed E-state index contributed by atoms with van der Waals surface area (Å²) in [6.07, 6.45) is 2.71. The Labute approximate surface area is 65.6 Å². The highest BCUT2D eigenvalue weighted by atomic mass is 16.6. The minimum atomic E-state index is -0.652. The monoisotopic (exact) mass is 165 g/mol. The third kappa shape index (κ3) is 0.875. The molecule has 0 saturated carbocycles. The number of aromatic amines is 1. The first kappa shape index (κ1) is 6.65. The van der Waals surface area contributed by atoms with Crippen LogP contribution in [0.4, 0.5) is 5.95 Å². The molecule has 0 aliphatic rings. The number of nitrogens with one attached hydrogen (secondary N) is 1. The van der Waals surface area contributed by atoms with Crippen molar-refractivity contribution in [2.75, 3.05) is 0 Å². The van der Waals surface area contributed by atoms with E-state index in [4.69, 9.17) is 0 Å². The van der Waals surface area contributed by atoms with Crippen LogP contribution < -0.4 is 0 Å². The lowest BCUT2D eigenvalue weighted by Gasteiger charge is -1.88. The molecule has 7 nitrogen and oxygen atoms in total. The number of nitrogens with zero attached hydrogens (tertiary/aromatic N) is 4. The molecular weight excluding hydrogens is 162 g/mol. The van der Waals surface area contributed by atoms with E-state index in [-0.39, 0.29) is 0 Å². The molecule has 1 N–H and O–H groups in total. The summed E-state index contributed by atoms with van der Waals surface area (Å²) in [6, 6.07) is 0. The van der Waals surface area contributed by atoms with Gasteiger partial charge in [-0.05, 0) is 9.91 Å². The van der Waals surface area contributed by atoms with E-state index in [0.717, 1.165) is 0 Å². The number of hydrogen-bond donors (Lipinski definition) is 1. The van der Waals surface area contributed by atoms with E-state index in [1.54, 1.807) is 0 Å². The normalized spacial score (nSPS) is 10.3. The zero-order valence-electron chi connectivity index (χ0n) is 5.76. The minimum absolute atomic E-state index is 0.372. The van der Waals surface area contributed by atoms with E-state index in [0.29, 0.717) is 11.2 Å². The summed E-state index contributed by atoms with van der Waals surface area (Å²) >= 11 is 0. The van der Waals surface area contributed by atoms with Gasteiger partial charge >= 0.3 is 5.95 Å². The molecule has 2 aromatic rings. The highest BCUT2D eigenvalue weighted by molar-refractivity contribution is 5.68. The smallest absolute Gasteiger partial charge is 0.390 e. The topological polar surface area (TPSA) is 97.6 Å². The predicted octanol–water partition coefficient (Wildman–Crippen LogP) is 0.261. The van der Waals surface area contributed by atoms with Crippen molar-refractivity contribution in [1.82, 2.24) is 19.9 Å². The Balaban J connectivity index is 2.68. The summed E-state index contributed by atoms with van der Waals surface area (Å²) in [4.78, 5) is 23.1. The van der Waals surface area contributed by atoms with Crippen LogP contribution >= 0.6 is 0 Å². The first-order valence-corrected chi connectivity index (χ1v) is 3.08. The number of nitro groups is 1. The molecule has 0 aliphatic heterocycles. The lowest BCUT2D eigenvalue weighted by atomic mass is 10.6. The van der Waals surface area contributed by atoms with Gasteiger partial charge in [0.2, 0.25) is 5.65 Å². The summed E-state index contributed by atoms with van der Waals surface area (Å²) in [5, 5.41) is 10.2. The fourth-order valence-corrected chi connectivity index (χ4v) is 0.818. The van der Waals surface area contributed by atoms with Gasteiger partial charge in [-0.25, -0.2) is 4.98 Å². The Hall–Kier alpha value is -2.05. The van der Waals surface area contributed by atoms with Crippen molar-refractivity contribution in [2.45, 2.75) is 0 Å². The van der Waals surface area contributed by atoms with Crippen LogP contribution in [-0.4, -0.2) is 24.9 Å². The summed E-state index contributed by atoms with van der Waals surface area (Å²) in [5.74, 6) is -0.424. The van der Waals surface area contributed by atoms with Crippen molar-refractivity contribution in [3.63, 3.8) is 0 Å². The fourth-order valence-electron chi connectivity index (χ4n) is 0.818. The highest BCUT2D eigenvalue weighted by Crippen LogP contribution is 2.07. The average molecular weight is 165 g/mol. The van der Waals surface area contributed by atoms with Crippen molar-refractivity contribution in [3.05, 3.63) is 22.6 Å². The van der Waals surface area contributed by atoms with Crippen LogP contribution in [0, 0.1) is 10.1 Å². The number of aromatic nitrogens is 4. The average Bonchev–Trinajstić information content (AvgIpc) is 2.49. The molecule has 0 aliphatic carbocycles. The molecule has 2 heterocycles. The van der Waals surface area contributed by atoms with Gasteiger partial charge in [0, 0.05) is 0 Å². The Bertz CT molecular complexity index is 436. The maximum atomic E-state index is 10.2. The zero-order chi connectivity index (χ0) is 8.55. The Morgan fingerprint density at radius 2 is 2.33 bits per heavy atom. The van der Waals surface area contributed by atoms with Gasteiger partial charge in [0.1, 0.15) is 6.20 Å². The van der Waals surface area contributed by atoms with Gasteiger partial charge in [0.15, 0.2) is 5.52 Å². The van der Waals surface area contributed by atoms with Gasteiger partial charge in [0.05, 0.1) is 6.33 Å². The molecule has 2 rings (SSSR count). The van der Waals surface area contributed by atoms with E-state index >= 15 is 0 Å². The van der Waals surface area contributed by atoms with E-state index in [1.807, 2.05) is 0 Å². The van der Waals surface area contributed by atoms with Gasteiger partial charge < -0.3 is 15.1 Å². The largest absolute Gasteiger partial charge is 0.470 e. The van der Waals surface area contributed by atoms with Gasteiger partial charge in [-0.2, -0.15) is 0 Å². The van der Waals surface area contributed by atoms with Crippen LogP contribution in [0.1, 0.15) is 0 Å². The van der Waals surface area contributed by atoms with Crippen molar-refractivity contribution in [1.29, 1.82) is 0 Å². The molecule has 0 bridgehead atoms. The molecule has 0 fully saturated rings. The summed E-state index contributed by atoms with van der Waals surface area (Å²) in [7, 11) is 0. The lowest BCUT2D eigenvalue weighted by Crippen LogP contribution is -1.95. The SMILES string of the molecule is O=[N+]([O-])c1ncc2nc[nH]c2n1. The van der Waals surface area contributed by atoms with Gasteiger partial charge in [-0.15, -0.1) is 0 Å². The lowest BCUT2D eigenvalue weighted by molar-refractivity contribution is -0.394. The van der Waals surface area contributed by atoms with Crippen molar-refractivity contribution >= 4 is 17.1 Å². The number of H-pyrrole nitrogens is 1. The third-order valence-electron chi connectivity index (χ3n) is 1.32. The van der Waals surface area contributed by atoms with Gasteiger partial charge in [-0.3, -0.25) is 0 Å². The first-order chi connectivity index (χ1) is 5.77. The van der Waals surface area contributed by atoms with Crippen LogP contribution in [0.15, 0.2) is 12.5 Å². The van der Waals surface area contributed by atoms with E-state index in [2.05, 4.69) is 19.9 Å². The number of hydrogen-bond acceptors (Lipinski definition) is 5. The second-order valence-electron chi connectivity index (χ2n) is 2.06. The molecule has 0 saturated heterocycles. The van der Waals surface area contributed by atoms with Crippen LogP contribution in [0.5, 0.6) is 0 Å². The van der Waals surface area contributed by atoms with Crippen LogP contribution in [-0.2, 0) is 0 Å². The molecule has 0 unspecified atom stereocenters. The van der Waals surface area contributed by atoms with Crippen molar-refractivity contribution < 1.29 is 4.92 Å². The van der Waals surface area contributed by atoms with Gasteiger partial charge in [-0.1, -0.05) is 4.98 Å². The molecule has 7 heteroatoms. The molecule has 0 aromatic carbocycles. The molecule has 0 radical (unpaired) electrons. The number of rotatable bonds is 1. The second-order valence-corrected chi connectivity index (χ2v) is 2.06. The van der Waals surface area contributed by atoms with Gasteiger partial charge in [0.25, 0.3) is 0 Å². The fraction of sp³-hybridized carbons (Fsp3) is 0. The highest BCUT2D eigenvalue weighted by Gasteiger charge is 2.11. The maximum Gasteiger partial charge on any atom is 0.470 e. The molecular formula is C5H3N5O2. The van der Waals surface area contributed by atoms with Crippen molar-refractivity contribution in [3.8, 4) is 0 Å². The molecule has 60 valence electrons. The quantitative estimate of drug-likeness (QED) is 0.482.